The first-order chi connectivity index (χ1) is 17.9. The third-order valence-corrected chi connectivity index (χ3v) is 10.4. The summed E-state index contributed by atoms with van der Waals surface area (Å²) in [6, 6.07) is 2.76. The fourth-order valence-corrected chi connectivity index (χ4v) is 7.48. The molecule has 0 aromatic heterocycles. The van der Waals surface area contributed by atoms with Crippen molar-refractivity contribution in [2.75, 3.05) is 13.1 Å². The van der Waals surface area contributed by atoms with E-state index in [1.807, 2.05) is 0 Å². The lowest BCUT2D eigenvalue weighted by Crippen LogP contribution is -2.53. The van der Waals surface area contributed by atoms with Gasteiger partial charge in [0.15, 0.2) is 11.5 Å². The molecule has 6 unspecified atom stereocenters. The van der Waals surface area contributed by atoms with E-state index in [4.69, 9.17) is 4.74 Å². The summed E-state index contributed by atoms with van der Waals surface area (Å²) in [7, 11) is 0. The fraction of sp³-hybridized carbons (Fsp3) is 0.690. The van der Waals surface area contributed by atoms with Crippen LogP contribution in [0.5, 0.6) is 11.5 Å². The second-order valence-electron chi connectivity index (χ2n) is 12.5. The predicted octanol–water partition coefficient (Wildman–Crippen LogP) is 2.74. The standard InChI is InChI=1S/C29H40N2O7/c1-28(2)18-10-11-29(28,3)24(16-18)38-27(37)20-7-5-13-31(20)25(35)19-6-4-12-30(19)26(36)23(34)15-17-8-9-21(32)22(33)14-17/h8-9,14,18-20,23-24,32-34H,4-7,10-13,15-16H2,1-3H3. The van der Waals surface area contributed by atoms with E-state index in [-0.39, 0.29) is 46.7 Å². The number of aliphatic hydroxyl groups is 1. The molecule has 2 heterocycles. The van der Waals surface area contributed by atoms with E-state index in [1.54, 1.807) is 4.90 Å². The Morgan fingerprint density at radius 1 is 1.00 bits per heavy atom. The molecule has 0 spiro atoms. The maximum atomic E-state index is 13.7. The lowest BCUT2D eigenvalue weighted by molar-refractivity contribution is -0.166. The number of likely N-dealkylation sites (tertiary alicyclic amines) is 2. The quantitative estimate of drug-likeness (QED) is 0.383. The number of carbonyl (C=O) groups is 3. The summed E-state index contributed by atoms with van der Waals surface area (Å²) in [5.41, 5.74) is 0.552. The first-order valence-electron chi connectivity index (χ1n) is 13.9. The first kappa shape index (κ1) is 26.8. The highest BCUT2D eigenvalue weighted by Crippen LogP contribution is 2.66. The number of phenols is 2. The van der Waals surface area contributed by atoms with E-state index in [9.17, 15) is 29.7 Å². The fourth-order valence-electron chi connectivity index (χ4n) is 7.48. The molecule has 0 radical (unpaired) electrons. The van der Waals surface area contributed by atoms with Crippen molar-refractivity contribution in [2.24, 2.45) is 16.7 Å². The highest BCUT2D eigenvalue weighted by molar-refractivity contribution is 5.92. The molecule has 9 heteroatoms. The lowest BCUT2D eigenvalue weighted by Gasteiger charge is -2.39. The molecule has 208 valence electrons. The number of benzene rings is 1. The van der Waals surface area contributed by atoms with E-state index >= 15 is 0 Å². The zero-order chi connectivity index (χ0) is 27.4. The predicted molar refractivity (Wildman–Crippen MR) is 138 cm³/mol. The van der Waals surface area contributed by atoms with Crippen molar-refractivity contribution in [3.63, 3.8) is 0 Å². The number of phenolic OH excluding ortho intramolecular Hbond substituents is 2. The molecule has 2 aliphatic carbocycles. The number of nitrogens with zero attached hydrogens (tertiary/aromatic N) is 2. The van der Waals surface area contributed by atoms with E-state index in [0.29, 0.717) is 50.3 Å². The topological polar surface area (TPSA) is 128 Å². The summed E-state index contributed by atoms with van der Waals surface area (Å²) in [4.78, 5) is 43.2. The Kier molecular flexibility index (Phi) is 6.86. The molecule has 38 heavy (non-hydrogen) atoms. The van der Waals surface area contributed by atoms with Gasteiger partial charge in [-0.15, -0.1) is 0 Å². The molecule has 4 aliphatic rings. The van der Waals surface area contributed by atoms with Gasteiger partial charge in [0, 0.05) is 24.9 Å². The van der Waals surface area contributed by atoms with Gasteiger partial charge in [0.1, 0.15) is 24.3 Å². The Hall–Kier alpha value is -2.81. The van der Waals surface area contributed by atoms with Crippen LogP contribution in [0.1, 0.15) is 71.3 Å². The van der Waals surface area contributed by atoms with E-state index < -0.39 is 24.1 Å². The average Bonchev–Trinajstić information content (AvgIpc) is 3.63. The number of rotatable bonds is 6. The Morgan fingerprint density at radius 2 is 1.68 bits per heavy atom. The molecule has 2 amide bonds. The smallest absolute Gasteiger partial charge is 0.329 e. The highest BCUT2D eigenvalue weighted by atomic mass is 16.5. The summed E-state index contributed by atoms with van der Waals surface area (Å²) in [5, 5.41) is 29.9. The number of carbonyl (C=O) groups excluding carboxylic acids is 3. The second-order valence-corrected chi connectivity index (χ2v) is 12.5. The Morgan fingerprint density at radius 3 is 2.32 bits per heavy atom. The summed E-state index contributed by atoms with van der Waals surface area (Å²) in [6.07, 6.45) is 3.86. The number of hydrogen-bond donors (Lipinski definition) is 3. The van der Waals surface area contributed by atoms with Gasteiger partial charge in [0.05, 0.1) is 0 Å². The van der Waals surface area contributed by atoms with Crippen molar-refractivity contribution >= 4 is 17.8 Å². The number of aliphatic hydroxyl groups excluding tert-OH is 1. The Balaban J connectivity index is 1.23. The van der Waals surface area contributed by atoms with Crippen LogP contribution < -0.4 is 0 Å². The van der Waals surface area contributed by atoms with E-state index in [1.165, 1.54) is 23.1 Å². The molecule has 5 rings (SSSR count). The van der Waals surface area contributed by atoms with Crippen LogP contribution in [-0.2, 0) is 25.5 Å². The van der Waals surface area contributed by atoms with Crippen LogP contribution in [-0.4, -0.2) is 80.3 Å². The van der Waals surface area contributed by atoms with Gasteiger partial charge in [-0.05, 0) is 74.0 Å². The van der Waals surface area contributed by atoms with Gasteiger partial charge >= 0.3 is 5.97 Å². The van der Waals surface area contributed by atoms with Crippen LogP contribution in [0, 0.1) is 16.7 Å². The minimum Gasteiger partial charge on any atom is -0.504 e. The highest BCUT2D eigenvalue weighted by Gasteiger charge is 2.63. The molecule has 2 saturated heterocycles. The van der Waals surface area contributed by atoms with Crippen molar-refractivity contribution < 1.29 is 34.4 Å². The molecule has 2 bridgehead atoms. The molecule has 3 N–H and O–H groups in total. The molecule has 6 atom stereocenters. The Labute approximate surface area is 223 Å². The first-order valence-corrected chi connectivity index (χ1v) is 13.9. The van der Waals surface area contributed by atoms with Crippen LogP contribution in [0.4, 0.5) is 0 Å². The number of amides is 2. The van der Waals surface area contributed by atoms with Gasteiger partial charge in [-0.1, -0.05) is 26.8 Å². The summed E-state index contributed by atoms with van der Waals surface area (Å²) in [5.74, 6) is -1.22. The number of aromatic hydroxyl groups is 2. The normalized spacial score (nSPS) is 32.5. The maximum Gasteiger partial charge on any atom is 0.329 e. The number of esters is 1. The maximum absolute atomic E-state index is 13.7. The second kappa shape index (κ2) is 9.74. The molecule has 9 nitrogen and oxygen atoms in total. The molecule has 2 aliphatic heterocycles. The molecule has 2 saturated carbocycles. The molecule has 1 aromatic carbocycles. The number of ether oxygens (including phenoxy) is 1. The zero-order valence-corrected chi connectivity index (χ0v) is 22.6. The molecular weight excluding hydrogens is 488 g/mol. The van der Waals surface area contributed by atoms with Gasteiger partial charge in [-0.3, -0.25) is 9.59 Å². The van der Waals surface area contributed by atoms with E-state index in [0.717, 1.165) is 19.3 Å². The lowest BCUT2D eigenvalue weighted by atomic mass is 9.70. The van der Waals surface area contributed by atoms with E-state index in [2.05, 4.69) is 20.8 Å². The van der Waals surface area contributed by atoms with Crippen LogP contribution >= 0.6 is 0 Å². The van der Waals surface area contributed by atoms with Gasteiger partial charge in [0.25, 0.3) is 5.91 Å². The van der Waals surface area contributed by atoms with Crippen LogP contribution in [0.3, 0.4) is 0 Å². The van der Waals surface area contributed by atoms with Crippen molar-refractivity contribution in [3.8, 4) is 11.5 Å². The third kappa shape index (κ3) is 4.32. The van der Waals surface area contributed by atoms with Crippen molar-refractivity contribution in [3.05, 3.63) is 23.8 Å². The average molecular weight is 529 g/mol. The van der Waals surface area contributed by atoms with Crippen LogP contribution in [0.15, 0.2) is 18.2 Å². The van der Waals surface area contributed by atoms with Gasteiger partial charge in [-0.25, -0.2) is 4.79 Å². The summed E-state index contributed by atoms with van der Waals surface area (Å²) in [6.45, 7) is 7.57. The molecular formula is C29H40N2O7. The van der Waals surface area contributed by atoms with Gasteiger partial charge in [-0.2, -0.15) is 0 Å². The molecule has 4 fully saturated rings. The van der Waals surface area contributed by atoms with Gasteiger partial charge in [0.2, 0.25) is 5.91 Å². The Bertz CT molecular complexity index is 1120. The minimum absolute atomic E-state index is 0.0553. The van der Waals surface area contributed by atoms with Gasteiger partial charge < -0.3 is 29.9 Å². The monoisotopic (exact) mass is 528 g/mol. The van der Waals surface area contributed by atoms with Crippen LogP contribution in [0.25, 0.3) is 0 Å². The van der Waals surface area contributed by atoms with Crippen molar-refractivity contribution in [2.45, 2.75) is 96.4 Å². The van der Waals surface area contributed by atoms with Crippen molar-refractivity contribution in [1.82, 2.24) is 9.80 Å². The SMILES string of the molecule is CC1(C)C2CCC1(C)C(OC(=O)C1CCCN1C(=O)C1CCCN1C(=O)C(O)Cc1ccc(O)c(O)c1)C2. The minimum atomic E-state index is -1.39. The largest absolute Gasteiger partial charge is 0.504 e. The summed E-state index contributed by atoms with van der Waals surface area (Å²) >= 11 is 0. The number of hydrogen-bond acceptors (Lipinski definition) is 7. The zero-order valence-electron chi connectivity index (χ0n) is 22.6. The van der Waals surface area contributed by atoms with Crippen LogP contribution in [0.2, 0.25) is 0 Å². The van der Waals surface area contributed by atoms with Crippen molar-refractivity contribution in [1.29, 1.82) is 0 Å². The number of fused-ring (bicyclic) bond motifs is 2. The third-order valence-electron chi connectivity index (χ3n) is 10.4. The summed E-state index contributed by atoms with van der Waals surface area (Å²) < 4.78 is 6.12. The molecule has 1 aromatic rings.